The molecule has 0 saturated carbocycles. The molecule has 1 unspecified atom stereocenters. The van der Waals surface area contributed by atoms with E-state index in [1.54, 1.807) is 23.2 Å². The van der Waals surface area contributed by atoms with Gasteiger partial charge in [-0.2, -0.15) is 0 Å². The Hall–Kier alpha value is -3.00. The van der Waals surface area contributed by atoms with Crippen molar-refractivity contribution in [1.29, 1.82) is 0 Å². The fourth-order valence-corrected chi connectivity index (χ4v) is 4.54. The molecule has 2 aliphatic rings. The maximum Gasteiger partial charge on any atom is 0.255 e. The highest BCUT2D eigenvalue weighted by atomic mass is 35.5. The molecule has 0 bridgehead atoms. The molecule has 1 amide bonds. The number of aromatic nitrogens is 2. The van der Waals surface area contributed by atoms with E-state index in [0.29, 0.717) is 29.1 Å². The molecular formula is C25H25ClN4O3. The third kappa shape index (κ3) is 4.57. The van der Waals surface area contributed by atoms with Crippen molar-refractivity contribution < 1.29 is 14.6 Å². The minimum Gasteiger partial charge on any atom is -0.394 e. The van der Waals surface area contributed by atoms with Crippen LogP contribution in [0.5, 0.6) is 0 Å². The largest absolute Gasteiger partial charge is 0.394 e. The Morgan fingerprint density at radius 2 is 1.94 bits per heavy atom. The molecule has 2 aromatic carbocycles. The lowest BCUT2D eigenvalue weighted by Gasteiger charge is -2.26. The lowest BCUT2D eigenvalue weighted by atomic mass is 10.0. The quantitative estimate of drug-likeness (QED) is 0.571. The van der Waals surface area contributed by atoms with Gasteiger partial charge in [-0.15, -0.1) is 0 Å². The van der Waals surface area contributed by atoms with Gasteiger partial charge in [-0.3, -0.25) is 4.79 Å². The molecule has 5 rings (SSSR count). The smallest absolute Gasteiger partial charge is 0.255 e. The van der Waals surface area contributed by atoms with E-state index in [1.165, 1.54) is 0 Å². The fourth-order valence-electron chi connectivity index (χ4n) is 4.42. The van der Waals surface area contributed by atoms with Gasteiger partial charge in [-0.1, -0.05) is 35.9 Å². The minimum atomic E-state index is -0.431. The second-order valence-electron chi connectivity index (χ2n) is 8.35. The van der Waals surface area contributed by atoms with Crippen LogP contribution in [0.2, 0.25) is 5.02 Å². The molecule has 0 aliphatic carbocycles. The predicted molar refractivity (Wildman–Crippen MR) is 126 cm³/mol. The van der Waals surface area contributed by atoms with Crippen LogP contribution in [0.4, 0.5) is 5.95 Å². The highest BCUT2D eigenvalue weighted by molar-refractivity contribution is 6.30. The number of aliphatic hydroxyl groups excluding tert-OH is 1. The van der Waals surface area contributed by atoms with E-state index in [1.807, 2.05) is 36.4 Å². The van der Waals surface area contributed by atoms with E-state index in [9.17, 15) is 9.90 Å². The maximum atomic E-state index is 13.3. The van der Waals surface area contributed by atoms with E-state index < -0.39 is 6.04 Å². The van der Waals surface area contributed by atoms with E-state index >= 15 is 0 Å². The predicted octanol–water partition coefficient (Wildman–Crippen LogP) is 4.08. The lowest BCUT2D eigenvalue weighted by Crippen LogP contribution is -2.31. The second kappa shape index (κ2) is 9.47. The van der Waals surface area contributed by atoms with Crippen molar-refractivity contribution in [3.8, 4) is 11.3 Å². The number of benzene rings is 2. The second-order valence-corrected chi connectivity index (χ2v) is 8.79. The monoisotopic (exact) mass is 464 g/mol. The molecule has 7 nitrogen and oxygen atoms in total. The first-order valence-corrected chi connectivity index (χ1v) is 11.5. The zero-order chi connectivity index (χ0) is 22.8. The number of nitrogens with zero attached hydrogens (tertiary/aromatic N) is 3. The van der Waals surface area contributed by atoms with Crippen LogP contribution in [0.3, 0.4) is 0 Å². The van der Waals surface area contributed by atoms with Crippen LogP contribution >= 0.6 is 11.6 Å². The summed E-state index contributed by atoms with van der Waals surface area (Å²) in [7, 11) is 0. The van der Waals surface area contributed by atoms with Gasteiger partial charge in [-0.25, -0.2) is 9.97 Å². The number of carbonyl (C=O) groups excluding carboxylic acids is 1. The number of nitrogens with one attached hydrogen (secondary N) is 1. The van der Waals surface area contributed by atoms with Crippen LogP contribution in [0, 0.1) is 0 Å². The van der Waals surface area contributed by atoms with Crippen LogP contribution in [0.25, 0.3) is 11.3 Å². The van der Waals surface area contributed by atoms with Gasteiger partial charge in [0.2, 0.25) is 5.95 Å². The van der Waals surface area contributed by atoms with Gasteiger partial charge in [0, 0.05) is 48.1 Å². The Morgan fingerprint density at radius 3 is 2.70 bits per heavy atom. The molecule has 2 aliphatic heterocycles. The summed E-state index contributed by atoms with van der Waals surface area (Å²) in [5.74, 6) is 0.478. The third-order valence-corrected chi connectivity index (χ3v) is 6.50. The molecule has 2 N–H and O–H groups in total. The number of amides is 1. The summed E-state index contributed by atoms with van der Waals surface area (Å²) in [6.07, 6.45) is 3.58. The van der Waals surface area contributed by atoms with Gasteiger partial charge in [0.15, 0.2) is 0 Å². The Balaban J connectivity index is 1.37. The molecule has 1 saturated heterocycles. The average Bonchev–Trinajstić information content (AvgIpc) is 3.17. The topological polar surface area (TPSA) is 87.6 Å². The van der Waals surface area contributed by atoms with Crippen molar-refractivity contribution >= 4 is 23.5 Å². The number of carbonyl (C=O) groups is 1. The lowest BCUT2D eigenvalue weighted by molar-refractivity contribution is 0.0615. The van der Waals surface area contributed by atoms with Crippen LogP contribution < -0.4 is 5.32 Å². The molecule has 3 aromatic rings. The number of hydrogen-bond donors (Lipinski definition) is 2. The van der Waals surface area contributed by atoms with Crippen LogP contribution in [0.1, 0.15) is 40.4 Å². The molecule has 8 heteroatoms. The molecule has 170 valence electrons. The van der Waals surface area contributed by atoms with Crippen LogP contribution in [-0.4, -0.2) is 51.7 Å². The number of hydrogen-bond acceptors (Lipinski definition) is 6. The SMILES string of the molecule is O=C1c2cc(-c3ccnc(NC4CCOCC4)n3)ccc2CN1C(CO)c1ccc(Cl)cc1. The maximum absolute atomic E-state index is 13.3. The van der Waals surface area contributed by atoms with Gasteiger partial charge >= 0.3 is 0 Å². The van der Waals surface area contributed by atoms with E-state index in [-0.39, 0.29) is 12.5 Å². The summed E-state index contributed by atoms with van der Waals surface area (Å²) >= 11 is 6.00. The molecule has 3 heterocycles. The van der Waals surface area contributed by atoms with Gasteiger partial charge in [-0.05, 0) is 48.2 Å². The fraction of sp³-hybridized carbons (Fsp3) is 0.320. The first-order valence-electron chi connectivity index (χ1n) is 11.1. The van der Waals surface area contributed by atoms with Gasteiger partial charge in [0.25, 0.3) is 5.91 Å². The average molecular weight is 465 g/mol. The highest BCUT2D eigenvalue weighted by Crippen LogP contribution is 2.34. The molecule has 1 atom stereocenters. The van der Waals surface area contributed by atoms with Gasteiger partial charge in [0.1, 0.15) is 0 Å². The number of rotatable bonds is 6. The van der Waals surface area contributed by atoms with Crippen molar-refractivity contribution in [2.75, 3.05) is 25.1 Å². The summed E-state index contributed by atoms with van der Waals surface area (Å²) < 4.78 is 5.41. The zero-order valence-electron chi connectivity index (χ0n) is 18.1. The Kier molecular flexibility index (Phi) is 6.26. The molecule has 33 heavy (non-hydrogen) atoms. The molecule has 0 spiro atoms. The number of aliphatic hydroxyl groups is 1. The first kappa shape index (κ1) is 21.8. The molecule has 1 fully saturated rings. The standard InChI is InChI=1S/C25H25ClN4O3/c26-19-5-3-16(4-6-19)23(15-31)30-14-18-2-1-17(13-21(18)24(30)32)22-7-10-27-25(29-22)28-20-8-11-33-12-9-20/h1-7,10,13,20,23,31H,8-9,11-12,14-15H2,(H,27,28,29). The Bertz CT molecular complexity index is 1150. The summed E-state index contributed by atoms with van der Waals surface area (Å²) in [6.45, 7) is 1.77. The summed E-state index contributed by atoms with van der Waals surface area (Å²) in [5, 5.41) is 14.1. The van der Waals surface area contributed by atoms with Crippen molar-refractivity contribution in [3.05, 3.63) is 76.4 Å². The Labute approximate surface area is 197 Å². The van der Waals surface area contributed by atoms with E-state index in [4.69, 9.17) is 16.3 Å². The van der Waals surface area contributed by atoms with E-state index in [0.717, 1.165) is 48.4 Å². The van der Waals surface area contributed by atoms with E-state index in [2.05, 4.69) is 15.3 Å². The van der Waals surface area contributed by atoms with Crippen molar-refractivity contribution in [2.45, 2.75) is 31.5 Å². The van der Waals surface area contributed by atoms with Gasteiger partial charge < -0.3 is 20.1 Å². The highest BCUT2D eigenvalue weighted by Gasteiger charge is 2.33. The number of anilines is 1. The summed E-state index contributed by atoms with van der Waals surface area (Å²) in [4.78, 5) is 24.0. The first-order chi connectivity index (χ1) is 16.1. The zero-order valence-corrected chi connectivity index (χ0v) is 18.8. The van der Waals surface area contributed by atoms with Crippen LogP contribution in [-0.2, 0) is 11.3 Å². The van der Waals surface area contributed by atoms with Crippen molar-refractivity contribution in [1.82, 2.24) is 14.9 Å². The summed E-state index contributed by atoms with van der Waals surface area (Å²) in [6, 6.07) is 14.8. The minimum absolute atomic E-state index is 0.101. The molecule has 1 aromatic heterocycles. The van der Waals surface area contributed by atoms with Crippen LogP contribution in [0.15, 0.2) is 54.7 Å². The number of halogens is 1. The molecular weight excluding hydrogens is 440 g/mol. The third-order valence-electron chi connectivity index (χ3n) is 6.25. The molecule has 0 radical (unpaired) electrons. The van der Waals surface area contributed by atoms with Crippen molar-refractivity contribution in [3.63, 3.8) is 0 Å². The number of ether oxygens (including phenoxy) is 1. The van der Waals surface area contributed by atoms with Crippen molar-refractivity contribution in [2.24, 2.45) is 0 Å². The summed E-state index contributed by atoms with van der Waals surface area (Å²) in [5.41, 5.74) is 4.03. The number of fused-ring (bicyclic) bond motifs is 1. The normalized spacial score (nSPS) is 17.2. The Morgan fingerprint density at radius 1 is 1.15 bits per heavy atom. The van der Waals surface area contributed by atoms with Gasteiger partial charge in [0.05, 0.1) is 18.3 Å².